The molecular formula is C22H21FN4O3. The molecule has 0 fully saturated rings. The van der Waals surface area contributed by atoms with Crippen LogP contribution in [-0.4, -0.2) is 48.7 Å². The molecule has 7 nitrogen and oxygen atoms in total. The number of nitrogens with one attached hydrogen (secondary N) is 1. The van der Waals surface area contributed by atoms with E-state index in [0.717, 1.165) is 11.1 Å². The van der Waals surface area contributed by atoms with E-state index in [9.17, 15) is 19.6 Å². The first-order valence-corrected chi connectivity index (χ1v) is 9.33. The Morgan fingerprint density at radius 2 is 2.07 bits per heavy atom. The van der Waals surface area contributed by atoms with Crippen molar-refractivity contribution in [3.05, 3.63) is 52.8 Å². The number of halogens is 1. The molecule has 154 valence electrons. The van der Waals surface area contributed by atoms with Gasteiger partial charge in [0.25, 0.3) is 5.91 Å². The highest BCUT2D eigenvalue weighted by Gasteiger charge is 2.24. The molecule has 2 N–H and O–H groups in total. The third-order valence-corrected chi connectivity index (χ3v) is 4.79. The van der Waals surface area contributed by atoms with E-state index < -0.39 is 23.9 Å². The molecule has 0 aliphatic carbocycles. The third-order valence-electron chi connectivity index (χ3n) is 4.79. The van der Waals surface area contributed by atoms with E-state index in [4.69, 9.17) is 10.00 Å². The molecule has 0 unspecified atom stereocenters. The van der Waals surface area contributed by atoms with Gasteiger partial charge in [0.15, 0.2) is 0 Å². The average Bonchev–Trinajstić information content (AvgIpc) is 2.72. The monoisotopic (exact) mass is 408 g/mol. The van der Waals surface area contributed by atoms with E-state index >= 15 is 0 Å². The molecule has 0 saturated heterocycles. The number of likely N-dealkylation sites (N-methyl/N-ethyl adjacent to an activating group) is 1. The fourth-order valence-corrected chi connectivity index (χ4v) is 3.33. The Hall–Kier alpha value is -3.46. The molecule has 2 atom stereocenters. The van der Waals surface area contributed by atoms with Crippen LogP contribution >= 0.6 is 0 Å². The van der Waals surface area contributed by atoms with Crippen molar-refractivity contribution in [1.82, 2.24) is 10.2 Å². The average molecular weight is 408 g/mol. The van der Waals surface area contributed by atoms with Crippen molar-refractivity contribution in [2.75, 3.05) is 20.6 Å². The molecule has 8 heteroatoms. The van der Waals surface area contributed by atoms with Crippen LogP contribution in [0, 0.1) is 28.5 Å². The lowest BCUT2D eigenvalue weighted by molar-refractivity contribution is -0.130. The number of fused-ring (bicyclic) bond motifs is 3. The van der Waals surface area contributed by atoms with Gasteiger partial charge in [0, 0.05) is 18.5 Å². The minimum absolute atomic E-state index is 0.0698. The summed E-state index contributed by atoms with van der Waals surface area (Å²) in [6.45, 7) is 0.357. The number of benzene rings is 2. The Bertz CT molecular complexity index is 1060. The van der Waals surface area contributed by atoms with Crippen LogP contribution in [0.1, 0.15) is 16.7 Å². The molecule has 1 heterocycles. The molecule has 30 heavy (non-hydrogen) atoms. The second-order valence-corrected chi connectivity index (χ2v) is 7.38. The Kier molecular flexibility index (Phi) is 6.31. The van der Waals surface area contributed by atoms with Crippen LogP contribution in [0.4, 0.5) is 4.39 Å². The van der Waals surface area contributed by atoms with Crippen molar-refractivity contribution >= 4 is 5.91 Å². The molecule has 0 bridgehead atoms. The highest BCUT2D eigenvalue weighted by Crippen LogP contribution is 2.39. The number of carbonyl (C=O) groups is 1. The Morgan fingerprint density at radius 3 is 2.73 bits per heavy atom. The molecule has 1 amide bonds. The van der Waals surface area contributed by atoms with E-state index in [1.807, 2.05) is 6.07 Å². The van der Waals surface area contributed by atoms with Gasteiger partial charge in [-0.15, -0.1) is 0 Å². The molecule has 2 aromatic carbocycles. The number of hydrogen-bond acceptors (Lipinski definition) is 6. The maximum atomic E-state index is 14.8. The summed E-state index contributed by atoms with van der Waals surface area (Å²) in [5, 5.41) is 30.7. The number of nitrogens with zero attached hydrogens (tertiary/aromatic N) is 3. The molecule has 1 aliphatic rings. The summed E-state index contributed by atoms with van der Waals surface area (Å²) in [6, 6.07) is 11.0. The summed E-state index contributed by atoms with van der Waals surface area (Å²) in [7, 11) is 3.42. The molecule has 0 saturated carbocycles. The maximum Gasteiger partial charge on any atom is 0.251 e. The summed E-state index contributed by atoms with van der Waals surface area (Å²) >= 11 is 0. The maximum absolute atomic E-state index is 14.8. The number of nitriles is 2. The molecule has 0 spiro atoms. The molecule has 3 rings (SSSR count). The van der Waals surface area contributed by atoms with Crippen LogP contribution in [0.2, 0.25) is 0 Å². The van der Waals surface area contributed by atoms with Crippen LogP contribution in [0.3, 0.4) is 0 Å². The number of amides is 1. The lowest BCUT2D eigenvalue weighted by Crippen LogP contribution is -2.45. The Balaban J connectivity index is 1.80. The molecular weight excluding hydrogens is 387 g/mol. The normalized spacial score (nSPS) is 13.8. The van der Waals surface area contributed by atoms with Gasteiger partial charge in [-0.1, -0.05) is 6.07 Å². The van der Waals surface area contributed by atoms with Crippen LogP contribution in [0.15, 0.2) is 30.3 Å². The summed E-state index contributed by atoms with van der Waals surface area (Å²) in [4.78, 5) is 13.7. The van der Waals surface area contributed by atoms with E-state index in [1.165, 1.54) is 12.1 Å². The number of carbonyl (C=O) groups excluding carboxylic acids is 1. The van der Waals surface area contributed by atoms with Crippen molar-refractivity contribution in [2.24, 2.45) is 0 Å². The molecule has 1 aliphatic heterocycles. The Labute approximate surface area is 173 Å². The minimum atomic E-state index is -1.29. The highest BCUT2D eigenvalue weighted by atomic mass is 19.1. The van der Waals surface area contributed by atoms with Crippen molar-refractivity contribution in [1.29, 1.82) is 10.5 Å². The first kappa shape index (κ1) is 21.3. The number of aliphatic hydroxyl groups is 1. The fraction of sp³-hybridized carbons (Fsp3) is 0.318. The van der Waals surface area contributed by atoms with Gasteiger partial charge < -0.3 is 20.1 Å². The zero-order valence-electron chi connectivity index (χ0n) is 16.6. The first-order valence-electron chi connectivity index (χ1n) is 9.33. The van der Waals surface area contributed by atoms with Gasteiger partial charge in [-0.25, -0.2) is 4.39 Å². The van der Waals surface area contributed by atoms with Gasteiger partial charge in [0.2, 0.25) is 0 Å². The van der Waals surface area contributed by atoms with Crippen molar-refractivity contribution in [3.63, 3.8) is 0 Å². The Morgan fingerprint density at radius 1 is 1.30 bits per heavy atom. The van der Waals surface area contributed by atoms with Crippen molar-refractivity contribution in [3.8, 4) is 29.0 Å². The third kappa shape index (κ3) is 4.57. The van der Waals surface area contributed by atoms with E-state index in [1.54, 1.807) is 37.2 Å². The second kappa shape index (κ2) is 8.91. The molecule has 0 aromatic heterocycles. The van der Waals surface area contributed by atoms with E-state index in [2.05, 4.69) is 11.4 Å². The van der Waals surface area contributed by atoms with Gasteiger partial charge in [-0.3, -0.25) is 4.79 Å². The number of aliphatic hydroxyl groups excluding tert-OH is 1. The van der Waals surface area contributed by atoms with E-state index in [-0.39, 0.29) is 25.1 Å². The quantitative estimate of drug-likeness (QED) is 0.753. The van der Waals surface area contributed by atoms with Gasteiger partial charge in [-0.05, 0) is 55.1 Å². The fourth-order valence-electron chi connectivity index (χ4n) is 3.33. The van der Waals surface area contributed by atoms with Crippen LogP contribution in [-0.2, 0) is 17.8 Å². The smallest absolute Gasteiger partial charge is 0.251 e. The van der Waals surface area contributed by atoms with Crippen LogP contribution < -0.4 is 10.1 Å². The summed E-state index contributed by atoms with van der Waals surface area (Å²) in [5.41, 5.74) is 2.88. The van der Waals surface area contributed by atoms with Gasteiger partial charge in [-0.2, -0.15) is 10.5 Å². The van der Waals surface area contributed by atoms with Gasteiger partial charge in [0.05, 0.1) is 17.7 Å². The van der Waals surface area contributed by atoms with E-state index in [0.29, 0.717) is 16.9 Å². The van der Waals surface area contributed by atoms with Crippen LogP contribution in [0.5, 0.6) is 5.75 Å². The zero-order chi connectivity index (χ0) is 21.8. The predicted octanol–water partition coefficient (Wildman–Crippen LogP) is 1.73. The lowest BCUT2D eigenvalue weighted by Gasteiger charge is -2.23. The highest BCUT2D eigenvalue weighted by molar-refractivity contribution is 5.81. The second-order valence-electron chi connectivity index (χ2n) is 7.38. The lowest BCUT2D eigenvalue weighted by atomic mass is 9.93. The predicted molar refractivity (Wildman–Crippen MR) is 107 cm³/mol. The number of hydrogen-bond donors (Lipinski definition) is 2. The number of rotatable bonds is 6. The standard InChI is InChI=1S/C22H21FN4O3/c1-27(2)11-20(28)22(29)26-16(10-25)6-14-7-21-18(8-19(14)23)17-4-3-13(9-24)5-15(17)12-30-21/h3-5,7-8,16,20,28H,6,11-12H2,1-2H3,(H,26,29)/t16-,20+/m1/s1. The largest absolute Gasteiger partial charge is 0.488 e. The SMILES string of the molecule is CN(C)C[C@H](O)C(=O)N[C@@H](C#N)Cc1cc2c(cc1F)-c1ccc(C#N)cc1CO2. The first-order chi connectivity index (χ1) is 14.3. The van der Waals surface area contributed by atoms with Gasteiger partial charge in [0.1, 0.15) is 30.3 Å². The van der Waals surface area contributed by atoms with Crippen LogP contribution in [0.25, 0.3) is 11.1 Å². The van der Waals surface area contributed by atoms with Gasteiger partial charge >= 0.3 is 0 Å². The van der Waals surface area contributed by atoms with Crippen molar-refractivity contribution < 1.29 is 19.0 Å². The summed E-state index contributed by atoms with van der Waals surface area (Å²) in [6.07, 6.45) is -1.36. The summed E-state index contributed by atoms with van der Waals surface area (Å²) in [5.74, 6) is -0.746. The minimum Gasteiger partial charge on any atom is -0.488 e. The number of ether oxygens (including phenoxy) is 1. The summed E-state index contributed by atoms with van der Waals surface area (Å²) < 4.78 is 20.5. The molecule has 2 aromatic rings. The van der Waals surface area contributed by atoms with Crippen molar-refractivity contribution in [2.45, 2.75) is 25.2 Å². The zero-order valence-corrected chi connectivity index (χ0v) is 16.6. The topological polar surface area (TPSA) is 109 Å². The molecule has 0 radical (unpaired) electrons.